The number of hydrogen-bond donors (Lipinski definition) is 1. The summed E-state index contributed by atoms with van der Waals surface area (Å²) in [6.07, 6.45) is 2.92. The minimum Gasteiger partial charge on any atom is -0.387 e. The van der Waals surface area contributed by atoms with E-state index in [0.29, 0.717) is 12.0 Å². The molecule has 2 aromatic rings. The highest BCUT2D eigenvalue weighted by Gasteiger charge is 2.39. The molecule has 1 saturated heterocycles. The number of carbonyl (C=O) groups excluding carboxylic acids is 2. The second-order valence-electron chi connectivity index (χ2n) is 6.04. The van der Waals surface area contributed by atoms with Crippen LogP contribution in [0.4, 0.5) is 4.39 Å². The van der Waals surface area contributed by atoms with E-state index in [-0.39, 0.29) is 24.8 Å². The SMILES string of the molecule is Cn1cc(C[C@@H]2CC(=O)N(C[C@@H](O)c3cccc(F)c3)C2=O)cn1. The highest BCUT2D eigenvalue weighted by atomic mass is 19.1. The van der Waals surface area contributed by atoms with Crippen LogP contribution < -0.4 is 0 Å². The molecule has 0 aliphatic carbocycles. The fraction of sp³-hybridized carbons (Fsp3) is 0.353. The summed E-state index contributed by atoms with van der Waals surface area (Å²) < 4.78 is 14.9. The molecule has 7 heteroatoms. The molecule has 1 aliphatic rings. The summed E-state index contributed by atoms with van der Waals surface area (Å²) in [5.74, 6) is -1.54. The number of imide groups is 1. The number of rotatable bonds is 5. The van der Waals surface area contributed by atoms with Crippen LogP contribution in [0.1, 0.15) is 23.7 Å². The second kappa shape index (κ2) is 6.52. The summed E-state index contributed by atoms with van der Waals surface area (Å²) in [6.45, 7) is -0.162. The molecular weight excluding hydrogens is 313 g/mol. The molecule has 126 valence electrons. The van der Waals surface area contributed by atoms with Crippen LogP contribution in [0.25, 0.3) is 0 Å². The standard InChI is InChI=1S/C17H18FN3O3/c1-20-9-11(8-19-20)5-13-7-16(23)21(17(13)24)10-15(22)12-3-2-4-14(18)6-12/h2-4,6,8-9,13,15,22H,5,7,10H2,1H3/t13-,15-/m1/s1. The van der Waals surface area contributed by atoms with Gasteiger partial charge in [-0.2, -0.15) is 5.10 Å². The number of halogens is 1. The molecule has 1 aromatic heterocycles. The van der Waals surface area contributed by atoms with E-state index < -0.39 is 17.8 Å². The number of nitrogens with zero attached hydrogens (tertiary/aromatic N) is 3. The van der Waals surface area contributed by atoms with Gasteiger partial charge in [-0.25, -0.2) is 4.39 Å². The van der Waals surface area contributed by atoms with E-state index in [9.17, 15) is 19.1 Å². The van der Waals surface area contributed by atoms with Gasteiger partial charge in [-0.1, -0.05) is 12.1 Å². The van der Waals surface area contributed by atoms with Gasteiger partial charge < -0.3 is 5.11 Å². The van der Waals surface area contributed by atoms with E-state index in [1.54, 1.807) is 24.0 Å². The normalized spacial score (nSPS) is 19.1. The number of aromatic nitrogens is 2. The van der Waals surface area contributed by atoms with Crippen LogP contribution in [-0.2, 0) is 23.1 Å². The third kappa shape index (κ3) is 3.35. The fourth-order valence-corrected chi connectivity index (χ4v) is 2.96. The predicted molar refractivity (Wildman–Crippen MR) is 83.1 cm³/mol. The summed E-state index contributed by atoms with van der Waals surface area (Å²) >= 11 is 0. The second-order valence-corrected chi connectivity index (χ2v) is 6.04. The van der Waals surface area contributed by atoms with Gasteiger partial charge in [0, 0.05) is 19.7 Å². The lowest BCUT2D eigenvalue weighted by Crippen LogP contribution is -2.34. The highest BCUT2D eigenvalue weighted by Crippen LogP contribution is 2.26. The van der Waals surface area contributed by atoms with E-state index >= 15 is 0 Å². The Kier molecular flexibility index (Phi) is 4.44. The lowest BCUT2D eigenvalue weighted by atomic mass is 10.0. The minimum absolute atomic E-state index is 0.115. The lowest BCUT2D eigenvalue weighted by molar-refractivity contribution is -0.141. The first kappa shape index (κ1) is 16.3. The van der Waals surface area contributed by atoms with E-state index in [1.807, 2.05) is 6.20 Å². The maximum absolute atomic E-state index is 13.2. The Morgan fingerprint density at radius 2 is 2.21 bits per heavy atom. The summed E-state index contributed by atoms with van der Waals surface area (Å²) in [6, 6.07) is 5.51. The van der Waals surface area contributed by atoms with Crippen molar-refractivity contribution in [3.63, 3.8) is 0 Å². The average molecular weight is 331 g/mol. The molecule has 1 fully saturated rings. The Hall–Kier alpha value is -2.54. The van der Waals surface area contributed by atoms with E-state index in [2.05, 4.69) is 5.10 Å². The van der Waals surface area contributed by atoms with Crippen molar-refractivity contribution in [3.05, 3.63) is 53.6 Å². The fourth-order valence-electron chi connectivity index (χ4n) is 2.96. The largest absolute Gasteiger partial charge is 0.387 e. The molecule has 0 spiro atoms. The Morgan fingerprint density at radius 3 is 2.88 bits per heavy atom. The van der Waals surface area contributed by atoms with Crippen LogP contribution in [0.3, 0.4) is 0 Å². The Bertz CT molecular complexity index is 774. The first-order valence-electron chi connectivity index (χ1n) is 7.69. The zero-order valence-electron chi connectivity index (χ0n) is 13.2. The van der Waals surface area contributed by atoms with Gasteiger partial charge in [-0.3, -0.25) is 19.2 Å². The number of hydrogen-bond acceptors (Lipinski definition) is 4. The number of aliphatic hydroxyl groups excluding tert-OH is 1. The van der Waals surface area contributed by atoms with Crippen molar-refractivity contribution in [2.45, 2.75) is 18.9 Å². The van der Waals surface area contributed by atoms with Gasteiger partial charge >= 0.3 is 0 Å². The van der Waals surface area contributed by atoms with Gasteiger partial charge in [0.15, 0.2) is 0 Å². The Morgan fingerprint density at radius 1 is 1.42 bits per heavy atom. The lowest BCUT2D eigenvalue weighted by Gasteiger charge is -2.19. The Balaban J connectivity index is 1.67. The summed E-state index contributed by atoms with van der Waals surface area (Å²) in [5, 5.41) is 14.2. The molecule has 6 nitrogen and oxygen atoms in total. The van der Waals surface area contributed by atoms with Crippen LogP contribution in [0.15, 0.2) is 36.7 Å². The smallest absolute Gasteiger partial charge is 0.233 e. The van der Waals surface area contributed by atoms with E-state index in [4.69, 9.17) is 0 Å². The van der Waals surface area contributed by atoms with Crippen molar-refractivity contribution < 1.29 is 19.1 Å². The van der Waals surface area contributed by atoms with Gasteiger partial charge in [0.1, 0.15) is 5.82 Å². The van der Waals surface area contributed by atoms with Crippen LogP contribution in [0, 0.1) is 11.7 Å². The maximum Gasteiger partial charge on any atom is 0.233 e. The molecule has 1 aromatic carbocycles. The van der Waals surface area contributed by atoms with Crippen LogP contribution >= 0.6 is 0 Å². The van der Waals surface area contributed by atoms with Crippen LogP contribution in [0.5, 0.6) is 0 Å². The number of aliphatic hydroxyl groups is 1. The van der Waals surface area contributed by atoms with Crippen molar-refractivity contribution in [3.8, 4) is 0 Å². The predicted octanol–water partition coefficient (Wildman–Crippen LogP) is 1.21. The van der Waals surface area contributed by atoms with E-state index in [1.165, 1.54) is 18.2 Å². The number of carbonyl (C=O) groups is 2. The molecule has 2 atom stereocenters. The first-order chi connectivity index (χ1) is 11.4. The molecule has 1 aliphatic heterocycles. The van der Waals surface area contributed by atoms with Gasteiger partial charge in [-0.15, -0.1) is 0 Å². The molecule has 3 rings (SSSR count). The molecule has 2 heterocycles. The zero-order valence-corrected chi connectivity index (χ0v) is 13.2. The van der Waals surface area contributed by atoms with Crippen molar-refractivity contribution >= 4 is 11.8 Å². The zero-order chi connectivity index (χ0) is 17.3. The quantitative estimate of drug-likeness (QED) is 0.836. The minimum atomic E-state index is -1.11. The number of aryl methyl sites for hydroxylation is 1. The molecule has 0 radical (unpaired) electrons. The van der Waals surface area contributed by atoms with E-state index in [0.717, 1.165) is 10.5 Å². The molecule has 1 N–H and O–H groups in total. The summed E-state index contributed by atoms with van der Waals surface area (Å²) in [4.78, 5) is 25.6. The third-order valence-corrected chi connectivity index (χ3v) is 4.17. The molecule has 24 heavy (non-hydrogen) atoms. The molecule has 0 saturated carbocycles. The summed E-state index contributed by atoms with van der Waals surface area (Å²) in [5.41, 5.74) is 1.22. The highest BCUT2D eigenvalue weighted by molar-refractivity contribution is 6.03. The third-order valence-electron chi connectivity index (χ3n) is 4.17. The van der Waals surface area contributed by atoms with Gasteiger partial charge in [0.2, 0.25) is 11.8 Å². The number of β-amino-alcohol motifs (C(OH)–C–C–N with tert-alkyl or cyclic N) is 1. The molecule has 0 unspecified atom stereocenters. The van der Waals surface area contributed by atoms with Crippen LogP contribution in [-0.4, -0.2) is 38.1 Å². The van der Waals surface area contributed by atoms with Gasteiger partial charge in [0.05, 0.1) is 24.8 Å². The topological polar surface area (TPSA) is 75.4 Å². The first-order valence-corrected chi connectivity index (χ1v) is 7.69. The van der Waals surface area contributed by atoms with Crippen molar-refractivity contribution in [1.29, 1.82) is 0 Å². The van der Waals surface area contributed by atoms with Crippen molar-refractivity contribution in [2.24, 2.45) is 13.0 Å². The maximum atomic E-state index is 13.2. The van der Waals surface area contributed by atoms with Gasteiger partial charge in [0.25, 0.3) is 0 Å². The van der Waals surface area contributed by atoms with Crippen molar-refractivity contribution in [1.82, 2.24) is 14.7 Å². The molecular formula is C17H18FN3O3. The monoisotopic (exact) mass is 331 g/mol. The van der Waals surface area contributed by atoms with Gasteiger partial charge in [-0.05, 0) is 29.7 Å². The average Bonchev–Trinajstić information content (AvgIpc) is 3.06. The Labute approximate surface area is 138 Å². The number of likely N-dealkylation sites (tertiary alicyclic amines) is 1. The van der Waals surface area contributed by atoms with Crippen LogP contribution in [0.2, 0.25) is 0 Å². The molecule has 2 amide bonds. The van der Waals surface area contributed by atoms with Crippen molar-refractivity contribution in [2.75, 3.05) is 6.54 Å². The number of amides is 2. The molecule has 0 bridgehead atoms. The number of benzene rings is 1. The summed E-state index contributed by atoms with van der Waals surface area (Å²) in [7, 11) is 1.78.